The molecule has 12 nitrogen and oxygen atoms in total. The third kappa shape index (κ3) is 33.3. The molecule has 0 spiro atoms. The van der Waals surface area contributed by atoms with Crippen molar-refractivity contribution in [1.29, 1.82) is 0 Å². The minimum absolute atomic E-state index is 0.0247. The highest BCUT2D eigenvalue weighted by Crippen LogP contribution is 2.26. The normalized spacial score (nSPS) is 20.5. The zero-order valence-corrected chi connectivity index (χ0v) is 38.8. The van der Waals surface area contributed by atoms with Gasteiger partial charge in [0.1, 0.15) is 30.5 Å². The summed E-state index contributed by atoms with van der Waals surface area (Å²) in [7, 11) is -5.07. The molecule has 1 saturated heterocycles. The van der Waals surface area contributed by atoms with Crippen molar-refractivity contribution in [1.82, 2.24) is 0 Å². The maximum Gasteiger partial charge on any atom is 0.397 e. The van der Waals surface area contributed by atoms with Gasteiger partial charge in [0.05, 0.1) is 19.8 Å². The molecule has 0 aromatic carbocycles. The number of carbonyl (C=O) groups excluding carboxylic acids is 1. The second-order valence-electron chi connectivity index (χ2n) is 16.3. The number of aliphatic hydroxyl groups is 3. The van der Waals surface area contributed by atoms with Crippen LogP contribution in [0.5, 0.6) is 0 Å². The Morgan fingerprint density at radius 2 is 1.08 bits per heavy atom. The number of esters is 1. The molecule has 1 rings (SSSR count). The highest BCUT2D eigenvalue weighted by molar-refractivity contribution is 7.80. The molecular weight excluding hydrogens is 801 g/mol. The van der Waals surface area contributed by atoms with Gasteiger partial charge in [0, 0.05) is 13.0 Å². The van der Waals surface area contributed by atoms with E-state index in [-0.39, 0.29) is 19.6 Å². The van der Waals surface area contributed by atoms with Gasteiger partial charge in [-0.15, -0.1) is 0 Å². The molecular formula is C48H86O12S. The molecule has 0 aliphatic carbocycles. The summed E-state index contributed by atoms with van der Waals surface area (Å²) in [6, 6.07) is 0. The number of hydrogen-bond acceptors (Lipinski definition) is 11. The van der Waals surface area contributed by atoms with Gasteiger partial charge in [-0.3, -0.25) is 9.35 Å². The van der Waals surface area contributed by atoms with Crippen molar-refractivity contribution in [2.45, 2.75) is 224 Å². The van der Waals surface area contributed by atoms with Crippen LogP contribution in [0.4, 0.5) is 0 Å². The fourth-order valence-corrected chi connectivity index (χ4v) is 7.53. The summed E-state index contributed by atoms with van der Waals surface area (Å²) in [4.78, 5) is 12.9. The second kappa shape index (κ2) is 39.6. The first-order chi connectivity index (χ1) is 29.6. The smallest absolute Gasteiger partial charge is 0.397 e. The topological polar surface area (TPSA) is 178 Å². The first-order valence-corrected chi connectivity index (χ1v) is 25.3. The predicted octanol–water partition coefficient (Wildman–Crippen LogP) is 10.4. The maximum absolute atomic E-state index is 12.9. The number of rotatable bonds is 41. The Bertz CT molecular complexity index is 1250. The minimum Gasteiger partial charge on any atom is -0.457 e. The van der Waals surface area contributed by atoms with Gasteiger partial charge < -0.3 is 34.3 Å². The van der Waals surface area contributed by atoms with Crippen LogP contribution >= 0.6 is 0 Å². The molecule has 356 valence electrons. The maximum atomic E-state index is 12.9. The van der Waals surface area contributed by atoms with E-state index in [1.807, 2.05) is 0 Å². The van der Waals surface area contributed by atoms with Gasteiger partial charge in [-0.2, -0.15) is 8.42 Å². The summed E-state index contributed by atoms with van der Waals surface area (Å²) < 4.78 is 59.1. The van der Waals surface area contributed by atoms with Crippen LogP contribution in [0.25, 0.3) is 0 Å². The Morgan fingerprint density at radius 1 is 0.623 bits per heavy atom. The van der Waals surface area contributed by atoms with Crippen LogP contribution in [-0.2, 0) is 38.3 Å². The van der Waals surface area contributed by atoms with E-state index in [2.05, 4.69) is 66.6 Å². The molecule has 0 aromatic heterocycles. The molecule has 0 saturated carbocycles. The van der Waals surface area contributed by atoms with Crippen molar-refractivity contribution in [2.75, 3.05) is 26.4 Å². The van der Waals surface area contributed by atoms with Crippen molar-refractivity contribution in [3.8, 4) is 0 Å². The summed E-state index contributed by atoms with van der Waals surface area (Å²) in [5.74, 6) is -0.412. The molecule has 13 heteroatoms. The van der Waals surface area contributed by atoms with E-state index < -0.39 is 59.8 Å². The fourth-order valence-electron chi connectivity index (χ4n) is 7.03. The third-order valence-electron chi connectivity index (χ3n) is 10.7. The lowest BCUT2D eigenvalue weighted by Crippen LogP contribution is -2.60. The summed E-state index contributed by atoms with van der Waals surface area (Å²) in [5.41, 5.74) is 0. The SMILES string of the molecule is CCCCC/C=C\C/C=C\CCCCCCCCCC(=O)OC(COCCCCCCCC/C=C\C/C=C\CCCCCC)COC1OC(CO)C(O)C(OS(=O)(=O)O)C1O. The lowest BCUT2D eigenvalue weighted by molar-refractivity contribution is -0.301. The minimum atomic E-state index is -5.07. The predicted molar refractivity (Wildman–Crippen MR) is 243 cm³/mol. The van der Waals surface area contributed by atoms with E-state index in [1.54, 1.807) is 0 Å². The number of unbranched alkanes of at least 4 members (excludes halogenated alkanes) is 20. The van der Waals surface area contributed by atoms with E-state index in [0.29, 0.717) is 13.0 Å². The van der Waals surface area contributed by atoms with E-state index in [1.165, 1.54) is 89.9 Å². The zero-order valence-electron chi connectivity index (χ0n) is 38.0. The van der Waals surface area contributed by atoms with Crippen molar-refractivity contribution in [3.05, 3.63) is 48.6 Å². The van der Waals surface area contributed by atoms with Crippen LogP contribution in [-0.4, -0.2) is 97.5 Å². The lowest BCUT2D eigenvalue weighted by atomic mass is 9.99. The van der Waals surface area contributed by atoms with Crippen LogP contribution in [0.1, 0.15) is 187 Å². The number of hydrogen-bond donors (Lipinski definition) is 4. The molecule has 0 amide bonds. The first-order valence-electron chi connectivity index (χ1n) is 23.9. The summed E-state index contributed by atoms with van der Waals surface area (Å²) in [6.07, 6.45) is 38.5. The van der Waals surface area contributed by atoms with Gasteiger partial charge in [0.15, 0.2) is 6.29 Å². The van der Waals surface area contributed by atoms with E-state index in [4.69, 9.17) is 23.5 Å². The average molecular weight is 887 g/mol. The molecule has 6 atom stereocenters. The molecule has 1 aliphatic heterocycles. The summed E-state index contributed by atoms with van der Waals surface area (Å²) in [6.45, 7) is 3.92. The molecule has 1 fully saturated rings. The van der Waals surface area contributed by atoms with Gasteiger partial charge in [-0.25, -0.2) is 4.18 Å². The monoisotopic (exact) mass is 887 g/mol. The van der Waals surface area contributed by atoms with Crippen molar-refractivity contribution >= 4 is 16.4 Å². The average Bonchev–Trinajstić information content (AvgIpc) is 3.23. The Balaban J connectivity index is 2.42. The van der Waals surface area contributed by atoms with Crippen LogP contribution in [0.15, 0.2) is 48.6 Å². The molecule has 6 unspecified atom stereocenters. The first kappa shape index (κ1) is 57.1. The van der Waals surface area contributed by atoms with Gasteiger partial charge in [0.2, 0.25) is 0 Å². The molecule has 0 bridgehead atoms. The summed E-state index contributed by atoms with van der Waals surface area (Å²) >= 11 is 0. The van der Waals surface area contributed by atoms with Gasteiger partial charge >= 0.3 is 16.4 Å². The highest BCUT2D eigenvalue weighted by atomic mass is 32.3. The number of carbonyl (C=O) groups is 1. The van der Waals surface area contributed by atoms with E-state index in [9.17, 15) is 28.5 Å². The Hall–Kier alpha value is -1.94. The van der Waals surface area contributed by atoms with Crippen molar-refractivity contribution in [3.63, 3.8) is 0 Å². The zero-order chi connectivity index (χ0) is 44.7. The Kier molecular flexibility index (Phi) is 37.1. The number of ether oxygens (including phenoxy) is 4. The van der Waals surface area contributed by atoms with Crippen LogP contribution in [0, 0.1) is 0 Å². The van der Waals surface area contributed by atoms with Crippen LogP contribution in [0.3, 0.4) is 0 Å². The number of allylic oxidation sites excluding steroid dienone is 8. The van der Waals surface area contributed by atoms with Gasteiger partial charge in [0.25, 0.3) is 0 Å². The van der Waals surface area contributed by atoms with Crippen LogP contribution < -0.4 is 0 Å². The second-order valence-corrected chi connectivity index (χ2v) is 17.4. The Labute approximate surface area is 370 Å². The molecule has 1 heterocycles. The van der Waals surface area contributed by atoms with Gasteiger partial charge in [-0.05, 0) is 77.0 Å². The van der Waals surface area contributed by atoms with E-state index in [0.717, 1.165) is 70.6 Å². The standard InChI is InChI=1S/C48H86O12S/c1-3-5-7-9-11-13-15-17-19-21-23-25-27-29-31-33-35-37-44(50)58-42(41-57-48-46(52)47(60-61(53,54)55)45(51)43(39-49)59-48)40-56-38-36-34-32-30-28-26-24-22-20-18-16-14-12-10-8-6-4-2/h11,13-14,16-17,19-20,22,42-43,45-49,51-52H,3-10,12,15,18,21,23-41H2,1-2H3,(H,53,54,55)/b13-11-,16-14-,19-17-,22-20-. The highest BCUT2D eigenvalue weighted by Gasteiger charge is 2.48. The fraction of sp³-hybridized carbons (Fsp3) is 0.812. The van der Waals surface area contributed by atoms with Crippen molar-refractivity contribution < 1.29 is 56.2 Å². The molecule has 4 N–H and O–H groups in total. The van der Waals surface area contributed by atoms with Crippen LogP contribution in [0.2, 0.25) is 0 Å². The molecule has 0 aromatic rings. The molecule has 0 radical (unpaired) electrons. The van der Waals surface area contributed by atoms with E-state index >= 15 is 0 Å². The Morgan fingerprint density at radius 3 is 1.59 bits per heavy atom. The van der Waals surface area contributed by atoms with Gasteiger partial charge in [-0.1, -0.05) is 152 Å². The third-order valence-corrected chi connectivity index (χ3v) is 11.1. The lowest BCUT2D eigenvalue weighted by Gasteiger charge is -2.41. The largest absolute Gasteiger partial charge is 0.457 e. The molecule has 1 aliphatic rings. The quantitative estimate of drug-likeness (QED) is 0.0198. The molecule has 61 heavy (non-hydrogen) atoms. The van der Waals surface area contributed by atoms with Crippen molar-refractivity contribution in [2.24, 2.45) is 0 Å². The summed E-state index contributed by atoms with van der Waals surface area (Å²) in [5, 5.41) is 30.7. The number of aliphatic hydroxyl groups excluding tert-OH is 3.